The van der Waals surface area contributed by atoms with E-state index >= 15 is 0 Å². The number of hydrogen-bond acceptors (Lipinski definition) is 4. The number of aliphatic hydroxyl groups is 1. The molecule has 0 spiro atoms. The number of fused-ring (bicyclic) bond motifs is 1. The summed E-state index contributed by atoms with van der Waals surface area (Å²) in [7, 11) is 0. The molecule has 0 radical (unpaired) electrons. The molecule has 2 N–H and O–H groups in total. The number of carbonyl (C=O) groups excluding carboxylic acids is 1. The Balaban J connectivity index is 1.58. The summed E-state index contributed by atoms with van der Waals surface area (Å²) < 4.78 is 0. The Morgan fingerprint density at radius 1 is 1.18 bits per heavy atom. The van der Waals surface area contributed by atoms with Gasteiger partial charge in [-0.05, 0) is 87.6 Å². The van der Waals surface area contributed by atoms with Crippen LogP contribution in [0.25, 0.3) is 16.3 Å². The summed E-state index contributed by atoms with van der Waals surface area (Å²) in [5.74, 6) is 1.47. The molecule has 5 heteroatoms. The van der Waals surface area contributed by atoms with Crippen molar-refractivity contribution in [3.05, 3.63) is 59.1 Å². The molecule has 2 aromatic rings. The number of allylic oxidation sites excluding steroid dienone is 4. The highest BCUT2D eigenvalue weighted by molar-refractivity contribution is 5.98. The summed E-state index contributed by atoms with van der Waals surface area (Å²) >= 11 is 0. The second kappa shape index (κ2) is 9.22. The van der Waals surface area contributed by atoms with Gasteiger partial charge < -0.3 is 10.4 Å². The first kappa shape index (κ1) is 23.4. The lowest BCUT2D eigenvalue weighted by Crippen LogP contribution is -2.58. The van der Waals surface area contributed by atoms with E-state index in [1.165, 1.54) is 5.57 Å². The zero-order valence-electron chi connectivity index (χ0n) is 20.4. The molecule has 1 amide bonds. The Kier molecular flexibility index (Phi) is 6.53. The third-order valence-corrected chi connectivity index (χ3v) is 7.50. The Morgan fingerprint density at radius 2 is 1.85 bits per heavy atom. The number of hydrogen-bond donors (Lipinski definition) is 2. The molecule has 0 aromatic carbocycles. The van der Waals surface area contributed by atoms with E-state index in [0.29, 0.717) is 12.2 Å². The SMILES string of the molecule is C\C=C(/C(C)=C\C(=C(/C)CC)C(O)CC)c1cc2cnc(NC(=O)C34CC(C3)C4)cc2cn1. The number of rotatable bonds is 8. The van der Waals surface area contributed by atoms with Crippen molar-refractivity contribution in [1.29, 1.82) is 0 Å². The standard InChI is InChI=1S/C28H35N3O2/c1-6-17(4)23(25(32)8-3)9-18(5)22(7-2)24-10-20-16-30-26(11-21(20)15-29-24)31-27(33)28-12-19(13-28)14-28/h7,9-11,15-16,19,25,32H,6,8,12-14H2,1-5H3,(H,30,31,33)/b18-9-,22-7+,23-17-. The zero-order valence-corrected chi connectivity index (χ0v) is 20.4. The lowest BCUT2D eigenvalue weighted by molar-refractivity contribution is -0.158. The van der Waals surface area contributed by atoms with Gasteiger partial charge in [-0.25, -0.2) is 4.98 Å². The van der Waals surface area contributed by atoms with Gasteiger partial charge >= 0.3 is 0 Å². The first-order valence-corrected chi connectivity index (χ1v) is 12.1. The zero-order chi connectivity index (χ0) is 23.8. The molecule has 0 aliphatic heterocycles. The molecule has 2 aromatic heterocycles. The van der Waals surface area contributed by atoms with E-state index in [1.54, 1.807) is 6.20 Å². The number of nitrogens with one attached hydrogen (secondary N) is 1. The van der Waals surface area contributed by atoms with Gasteiger partial charge in [0.05, 0.1) is 17.2 Å². The molecule has 5 rings (SSSR count). The molecule has 174 valence electrons. The average Bonchev–Trinajstić information content (AvgIpc) is 2.74. The third kappa shape index (κ3) is 4.39. The fourth-order valence-electron chi connectivity index (χ4n) is 5.08. The van der Waals surface area contributed by atoms with Gasteiger partial charge in [-0.1, -0.05) is 31.6 Å². The Labute approximate surface area is 196 Å². The number of aromatic nitrogens is 2. The number of pyridine rings is 2. The van der Waals surface area contributed by atoms with Crippen molar-refractivity contribution in [1.82, 2.24) is 9.97 Å². The largest absolute Gasteiger partial charge is 0.388 e. The summed E-state index contributed by atoms with van der Waals surface area (Å²) in [6, 6.07) is 3.94. The summed E-state index contributed by atoms with van der Waals surface area (Å²) in [6.45, 7) is 10.3. The van der Waals surface area contributed by atoms with E-state index in [2.05, 4.69) is 43.2 Å². The highest BCUT2D eigenvalue weighted by Crippen LogP contribution is 2.64. The van der Waals surface area contributed by atoms with Gasteiger partial charge in [-0.2, -0.15) is 0 Å². The maximum absolute atomic E-state index is 12.6. The van der Waals surface area contributed by atoms with E-state index in [-0.39, 0.29) is 11.3 Å². The fraction of sp³-hybridized carbons (Fsp3) is 0.464. The van der Waals surface area contributed by atoms with Crippen LogP contribution in [-0.4, -0.2) is 27.1 Å². The van der Waals surface area contributed by atoms with Crippen LogP contribution in [0.5, 0.6) is 0 Å². The van der Waals surface area contributed by atoms with E-state index < -0.39 is 6.10 Å². The van der Waals surface area contributed by atoms with E-state index in [0.717, 1.165) is 64.8 Å². The van der Waals surface area contributed by atoms with Crippen molar-refractivity contribution >= 4 is 28.1 Å². The Morgan fingerprint density at radius 3 is 2.42 bits per heavy atom. The van der Waals surface area contributed by atoms with Gasteiger partial charge in [0, 0.05) is 23.2 Å². The number of amides is 1. The van der Waals surface area contributed by atoms with E-state index in [1.807, 2.05) is 32.2 Å². The van der Waals surface area contributed by atoms with Crippen molar-refractivity contribution in [3.8, 4) is 0 Å². The summed E-state index contributed by atoms with van der Waals surface area (Å²) in [4.78, 5) is 21.8. The highest BCUT2D eigenvalue weighted by atomic mass is 16.3. The maximum atomic E-state index is 12.6. The molecule has 3 saturated carbocycles. The highest BCUT2D eigenvalue weighted by Gasteiger charge is 2.61. The lowest BCUT2D eigenvalue weighted by atomic mass is 9.44. The Bertz CT molecular complexity index is 1160. The summed E-state index contributed by atoms with van der Waals surface area (Å²) in [6.07, 6.45) is 12.0. The molecule has 2 bridgehead atoms. The predicted octanol–water partition coefficient (Wildman–Crippen LogP) is 6.22. The average molecular weight is 446 g/mol. The number of nitrogens with zero attached hydrogens (tertiary/aromatic N) is 2. The molecule has 1 unspecified atom stereocenters. The summed E-state index contributed by atoms with van der Waals surface area (Å²) in [5, 5.41) is 15.5. The van der Waals surface area contributed by atoms with Gasteiger partial charge in [0.15, 0.2) is 0 Å². The van der Waals surface area contributed by atoms with E-state index in [9.17, 15) is 9.90 Å². The van der Waals surface area contributed by atoms with Crippen LogP contribution in [-0.2, 0) is 4.79 Å². The van der Waals surface area contributed by atoms with Crippen molar-refractivity contribution in [3.63, 3.8) is 0 Å². The molecule has 2 heterocycles. The quantitative estimate of drug-likeness (QED) is 0.473. The van der Waals surface area contributed by atoms with Crippen molar-refractivity contribution in [2.75, 3.05) is 5.32 Å². The maximum Gasteiger partial charge on any atom is 0.231 e. The molecule has 33 heavy (non-hydrogen) atoms. The normalized spacial score (nSPS) is 24.0. The molecule has 5 nitrogen and oxygen atoms in total. The first-order valence-electron chi connectivity index (χ1n) is 12.1. The molecule has 3 fully saturated rings. The summed E-state index contributed by atoms with van der Waals surface area (Å²) in [5.41, 5.74) is 5.03. The van der Waals surface area contributed by atoms with Gasteiger partial charge in [-0.3, -0.25) is 9.78 Å². The molecular formula is C28H35N3O2. The van der Waals surface area contributed by atoms with Gasteiger partial charge in [-0.15, -0.1) is 0 Å². The van der Waals surface area contributed by atoms with E-state index in [4.69, 9.17) is 4.98 Å². The molecule has 3 aliphatic carbocycles. The lowest BCUT2D eigenvalue weighted by Gasteiger charge is -2.59. The van der Waals surface area contributed by atoms with Crippen LogP contribution in [0.3, 0.4) is 0 Å². The smallest absolute Gasteiger partial charge is 0.231 e. The van der Waals surface area contributed by atoms with Gasteiger partial charge in [0.2, 0.25) is 5.91 Å². The van der Waals surface area contributed by atoms with Crippen LogP contribution in [0.1, 0.15) is 72.4 Å². The third-order valence-electron chi connectivity index (χ3n) is 7.50. The fourth-order valence-corrected chi connectivity index (χ4v) is 5.08. The second-order valence-electron chi connectivity index (χ2n) is 9.74. The number of carbonyl (C=O) groups is 1. The van der Waals surface area contributed by atoms with Crippen LogP contribution in [0, 0.1) is 11.3 Å². The molecule has 0 saturated heterocycles. The molecular weight excluding hydrogens is 410 g/mol. The van der Waals surface area contributed by atoms with Gasteiger partial charge in [0.25, 0.3) is 0 Å². The number of anilines is 1. The molecule has 3 aliphatic rings. The van der Waals surface area contributed by atoms with Crippen LogP contribution >= 0.6 is 0 Å². The minimum atomic E-state index is -0.467. The number of aliphatic hydroxyl groups excluding tert-OH is 1. The monoisotopic (exact) mass is 445 g/mol. The topological polar surface area (TPSA) is 75.1 Å². The van der Waals surface area contributed by atoms with Crippen LogP contribution in [0.2, 0.25) is 0 Å². The first-order chi connectivity index (χ1) is 15.8. The van der Waals surface area contributed by atoms with Crippen molar-refractivity contribution < 1.29 is 9.90 Å². The van der Waals surface area contributed by atoms with Crippen molar-refractivity contribution in [2.45, 2.75) is 72.8 Å². The van der Waals surface area contributed by atoms with Crippen LogP contribution < -0.4 is 5.32 Å². The van der Waals surface area contributed by atoms with Crippen LogP contribution in [0.15, 0.2) is 53.4 Å². The van der Waals surface area contributed by atoms with Crippen molar-refractivity contribution in [2.24, 2.45) is 11.3 Å². The Hall–Kier alpha value is -2.79. The van der Waals surface area contributed by atoms with Gasteiger partial charge in [0.1, 0.15) is 5.82 Å². The predicted molar refractivity (Wildman–Crippen MR) is 135 cm³/mol. The van der Waals surface area contributed by atoms with Crippen LogP contribution in [0.4, 0.5) is 5.82 Å². The minimum Gasteiger partial charge on any atom is -0.388 e. The second-order valence-corrected chi connectivity index (χ2v) is 9.74. The molecule has 1 atom stereocenters. The minimum absolute atomic E-state index is 0.110.